The van der Waals surface area contributed by atoms with E-state index in [-0.39, 0.29) is 11.3 Å². The second kappa shape index (κ2) is 6.98. The maximum absolute atomic E-state index is 12.4. The molecule has 4 rings (SSSR count). The first-order valence-electron chi connectivity index (χ1n) is 8.85. The van der Waals surface area contributed by atoms with Gasteiger partial charge in [-0.25, -0.2) is 0 Å². The van der Waals surface area contributed by atoms with Crippen molar-refractivity contribution in [2.24, 2.45) is 5.41 Å². The van der Waals surface area contributed by atoms with Crippen LogP contribution in [-0.2, 0) is 4.74 Å². The molecule has 1 aliphatic carbocycles. The molecule has 0 atom stereocenters. The zero-order valence-corrected chi connectivity index (χ0v) is 14.2. The Labute approximate surface area is 147 Å². The summed E-state index contributed by atoms with van der Waals surface area (Å²) in [4.78, 5) is 14.8. The van der Waals surface area contributed by atoms with Gasteiger partial charge in [0, 0.05) is 43.2 Å². The van der Waals surface area contributed by atoms with Gasteiger partial charge in [0.2, 0.25) is 0 Å². The van der Waals surface area contributed by atoms with Crippen LogP contribution in [0.4, 0.5) is 0 Å². The summed E-state index contributed by atoms with van der Waals surface area (Å²) in [5.74, 6) is 0.444. The highest BCUT2D eigenvalue weighted by Gasteiger charge is 2.44. The molecule has 2 aliphatic rings. The molecule has 0 radical (unpaired) electrons. The highest BCUT2D eigenvalue weighted by atomic mass is 16.5. The number of ether oxygens (including phenoxy) is 1. The van der Waals surface area contributed by atoms with Gasteiger partial charge in [-0.3, -0.25) is 9.69 Å². The minimum atomic E-state index is -0.167. The van der Waals surface area contributed by atoms with Gasteiger partial charge in [-0.15, -0.1) is 0 Å². The number of benzene rings is 1. The molecule has 25 heavy (non-hydrogen) atoms. The molecule has 2 fully saturated rings. The largest absolute Gasteiger partial charge is 0.379 e. The molecule has 2 aromatic rings. The Morgan fingerprint density at radius 3 is 2.68 bits per heavy atom. The molecular formula is C19H23N3O3. The normalized spacial score (nSPS) is 19.5. The van der Waals surface area contributed by atoms with Gasteiger partial charge in [0.15, 0.2) is 11.5 Å². The molecule has 6 nitrogen and oxygen atoms in total. The molecule has 1 N–H and O–H groups in total. The predicted molar refractivity (Wildman–Crippen MR) is 93.2 cm³/mol. The third kappa shape index (κ3) is 3.91. The van der Waals surface area contributed by atoms with Crippen LogP contribution in [-0.4, -0.2) is 55.4 Å². The number of amides is 1. The number of hydrogen-bond donors (Lipinski definition) is 1. The van der Waals surface area contributed by atoms with Crippen LogP contribution in [0, 0.1) is 5.41 Å². The third-order valence-electron chi connectivity index (χ3n) is 5.04. The topological polar surface area (TPSA) is 67.6 Å². The summed E-state index contributed by atoms with van der Waals surface area (Å²) in [5, 5.41) is 6.95. The summed E-state index contributed by atoms with van der Waals surface area (Å²) in [6.45, 7) is 5.31. The van der Waals surface area contributed by atoms with Gasteiger partial charge in [-0.1, -0.05) is 35.5 Å². The lowest BCUT2D eigenvalue weighted by molar-refractivity contribution is 0.0283. The quantitative estimate of drug-likeness (QED) is 0.872. The molecule has 1 aliphatic heterocycles. The Hall–Kier alpha value is -2.18. The highest BCUT2D eigenvalue weighted by Crippen LogP contribution is 2.45. The lowest BCUT2D eigenvalue weighted by Gasteiger charge is -2.30. The van der Waals surface area contributed by atoms with Crippen molar-refractivity contribution < 1.29 is 14.1 Å². The van der Waals surface area contributed by atoms with Crippen molar-refractivity contribution in [1.82, 2.24) is 15.4 Å². The van der Waals surface area contributed by atoms with Crippen LogP contribution in [0.2, 0.25) is 0 Å². The molecule has 6 heteroatoms. The SMILES string of the molecule is O=C(NCC1(CN2CCOCC2)CC1)c1cc(-c2ccccc2)on1. The second-order valence-electron chi connectivity index (χ2n) is 7.01. The summed E-state index contributed by atoms with van der Waals surface area (Å²) in [6.07, 6.45) is 2.33. The summed E-state index contributed by atoms with van der Waals surface area (Å²) < 4.78 is 10.7. The van der Waals surface area contributed by atoms with Gasteiger partial charge in [0.05, 0.1) is 13.2 Å². The van der Waals surface area contributed by atoms with Crippen LogP contribution in [0.3, 0.4) is 0 Å². The van der Waals surface area contributed by atoms with Gasteiger partial charge in [0.25, 0.3) is 5.91 Å². The minimum absolute atomic E-state index is 0.167. The van der Waals surface area contributed by atoms with Crippen molar-refractivity contribution in [3.05, 3.63) is 42.1 Å². The van der Waals surface area contributed by atoms with Gasteiger partial charge in [0.1, 0.15) is 0 Å². The maximum Gasteiger partial charge on any atom is 0.273 e. The number of carbonyl (C=O) groups is 1. The highest BCUT2D eigenvalue weighted by molar-refractivity contribution is 5.93. The van der Waals surface area contributed by atoms with Gasteiger partial charge in [-0.05, 0) is 12.8 Å². The monoisotopic (exact) mass is 341 g/mol. The first-order chi connectivity index (χ1) is 12.2. The first-order valence-corrected chi connectivity index (χ1v) is 8.85. The Bertz CT molecular complexity index is 719. The molecule has 0 spiro atoms. The number of aromatic nitrogens is 1. The molecule has 1 aromatic heterocycles. The molecule has 1 amide bonds. The van der Waals surface area contributed by atoms with Gasteiger partial charge < -0.3 is 14.6 Å². The van der Waals surface area contributed by atoms with Crippen molar-refractivity contribution in [2.75, 3.05) is 39.4 Å². The summed E-state index contributed by atoms with van der Waals surface area (Å²) >= 11 is 0. The summed E-state index contributed by atoms with van der Waals surface area (Å²) in [6, 6.07) is 11.4. The standard InChI is InChI=1S/C19H23N3O3/c23-18(16-12-17(25-21-16)15-4-2-1-3-5-15)20-13-19(6-7-19)14-22-8-10-24-11-9-22/h1-5,12H,6-11,13-14H2,(H,20,23). The number of nitrogens with zero attached hydrogens (tertiary/aromatic N) is 2. The fourth-order valence-corrected chi connectivity index (χ4v) is 3.28. The molecular weight excluding hydrogens is 318 g/mol. The van der Waals surface area contributed by atoms with Crippen LogP contribution < -0.4 is 5.32 Å². The van der Waals surface area contributed by atoms with Crippen molar-refractivity contribution in [3.63, 3.8) is 0 Å². The lowest BCUT2D eigenvalue weighted by atomic mass is 10.1. The van der Waals surface area contributed by atoms with E-state index in [4.69, 9.17) is 9.26 Å². The molecule has 1 saturated heterocycles. The summed E-state index contributed by atoms with van der Waals surface area (Å²) in [5.41, 5.74) is 1.47. The average Bonchev–Trinajstić information content (AvgIpc) is 3.24. The maximum atomic E-state index is 12.4. The predicted octanol–water partition coefficient (Wildman–Crippen LogP) is 2.18. The zero-order valence-electron chi connectivity index (χ0n) is 14.2. The van der Waals surface area contributed by atoms with Gasteiger partial charge >= 0.3 is 0 Å². The van der Waals surface area contributed by atoms with E-state index in [0.717, 1.165) is 38.4 Å². The van der Waals surface area contributed by atoms with Crippen LogP contribution in [0.1, 0.15) is 23.3 Å². The summed E-state index contributed by atoms with van der Waals surface area (Å²) in [7, 11) is 0. The second-order valence-corrected chi connectivity index (χ2v) is 7.01. The molecule has 0 unspecified atom stereocenters. The lowest BCUT2D eigenvalue weighted by Crippen LogP contribution is -2.43. The van der Waals surface area contributed by atoms with Crippen LogP contribution in [0.15, 0.2) is 40.9 Å². The van der Waals surface area contributed by atoms with E-state index in [9.17, 15) is 4.79 Å². The molecule has 0 bridgehead atoms. The Balaban J connectivity index is 1.32. The number of nitrogens with one attached hydrogen (secondary N) is 1. The van der Waals surface area contributed by atoms with E-state index in [1.54, 1.807) is 6.07 Å². The molecule has 2 heterocycles. The van der Waals surface area contributed by atoms with Crippen molar-refractivity contribution >= 4 is 5.91 Å². The number of hydrogen-bond acceptors (Lipinski definition) is 5. The molecule has 1 aromatic carbocycles. The van der Waals surface area contributed by atoms with Gasteiger partial charge in [-0.2, -0.15) is 0 Å². The molecule has 132 valence electrons. The van der Waals surface area contributed by atoms with E-state index in [0.29, 0.717) is 18.0 Å². The Morgan fingerprint density at radius 1 is 1.20 bits per heavy atom. The Morgan fingerprint density at radius 2 is 1.96 bits per heavy atom. The van der Waals surface area contributed by atoms with E-state index in [2.05, 4.69) is 15.4 Å². The minimum Gasteiger partial charge on any atom is -0.379 e. The van der Waals surface area contributed by atoms with Crippen molar-refractivity contribution in [3.8, 4) is 11.3 Å². The van der Waals surface area contributed by atoms with E-state index >= 15 is 0 Å². The number of rotatable bonds is 6. The fourth-order valence-electron chi connectivity index (χ4n) is 3.28. The molecule has 1 saturated carbocycles. The average molecular weight is 341 g/mol. The Kier molecular flexibility index (Phi) is 4.55. The van der Waals surface area contributed by atoms with Crippen LogP contribution >= 0.6 is 0 Å². The number of morpholine rings is 1. The van der Waals surface area contributed by atoms with Crippen molar-refractivity contribution in [1.29, 1.82) is 0 Å². The first kappa shape index (κ1) is 16.3. The smallest absolute Gasteiger partial charge is 0.273 e. The third-order valence-corrected chi connectivity index (χ3v) is 5.04. The van der Waals surface area contributed by atoms with E-state index < -0.39 is 0 Å². The van der Waals surface area contributed by atoms with E-state index in [1.165, 1.54) is 12.8 Å². The zero-order chi connectivity index (χ0) is 17.1. The van der Waals surface area contributed by atoms with Crippen LogP contribution in [0.5, 0.6) is 0 Å². The van der Waals surface area contributed by atoms with Crippen molar-refractivity contribution in [2.45, 2.75) is 12.8 Å². The van der Waals surface area contributed by atoms with Crippen LogP contribution in [0.25, 0.3) is 11.3 Å². The fraction of sp³-hybridized carbons (Fsp3) is 0.474. The van der Waals surface area contributed by atoms with E-state index in [1.807, 2.05) is 30.3 Å². The number of carbonyl (C=O) groups excluding carboxylic acids is 1.